The fourth-order valence-electron chi connectivity index (χ4n) is 2.15. The van der Waals surface area contributed by atoms with Crippen molar-refractivity contribution in [1.82, 2.24) is 4.90 Å². The molecule has 1 aromatic rings. The van der Waals surface area contributed by atoms with Gasteiger partial charge in [0.1, 0.15) is 5.75 Å². The fraction of sp³-hybridized carbons (Fsp3) is 0.538. The van der Waals surface area contributed by atoms with Gasteiger partial charge >= 0.3 is 6.36 Å². The van der Waals surface area contributed by atoms with Crippen molar-refractivity contribution in [3.63, 3.8) is 0 Å². The highest BCUT2D eigenvalue weighted by molar-refractivity contribution is 5.27. The van der Waals surface area contributed by atoms with Crippen molar-refractivity contribution in [3.8, 4) is 5.75 Å². The zero-order chi connectivity index (χ0) is 14.6. The van der Waals surface area contributed by atoms with Crippen LogP contribution in [-0.4, -0.2) is 43.6 Å². The van der Waals surface area contributed by atoms with E-state index in [-0.39, 0.29) is 11.8 Å². The highest BCUT2D eigenvalue weighted by Crippen LogP contribution is 2.23. The summed E-state index contributed by atoms with van der Waals surface area (Å²) in [6.45, 7) is 3.13. The summed E-state index contributed by atoms with van der Waals surface area (Å²) in [5.74, 6) is -0.210. The minimum absolute atomic E-state index is 0.148. The normalized spacial score (nSPS) is 20.9. The Morgan fingerprint density at radius 3 is 2.60 bits per heavy atom. The molecule has 1 aliphatic rings. The largest absolute Gasteiger partial charge is 0.573 e. The summed E-state index contributed by atoms with van der Waals surface area (Å²) in [5.41, 5.74) is 6.59. The van der Waals surface area contributed by atoms with E-state index in [0.29, 0.717) is 26.3 Å². The van der Waals surface area contributed by atoms with Crippen LogP contribution in [-0.2, 0) is 11.3 Å². The van der Waals surface area contributed by atoms with Gasteiger partial charge in [-0.25, -0.2) is 0 Å². The molecule has 0 bridgehead atoms. The molecule has 1 aromatic carbocycles. The number of alkyl halides is 3. The van der Waals surface area contributed by atoms with Crippen LogP contribution in [0, 0.1) is 0 Å². The maximum atomic E-state index is 12.1. The number of hydrogen-bond donors (Lipinski definition) is 1. The topological polar surface area (TPSA) is 47.7 Å². The molecule has 4 nitrogen and oxygen atoms in total. The van der Waals surface area contributed by atoms with Gasteiger partial charge in [-0.15, -0.1) is 13.2 Å². The maximum absolute atomic E-state index is 12.1. The first-order chi connectivity index (χ1) is 9.48. The highest BCUT2D eigenvalue weighted by atomic mass is 19.4. The lowest BCUT2D eigenvalue weighted by atomic mass is 10.1. The molecule has 0 amide bonds. The number of morpholine rings is 1. The third-order valence-corrected chi connectivity index (χ3v) is 3.16. The van der Waals surface area contributed by atoms with Crippen molar-refractivity contribution in [2.45, 2.75) is 18.9 Å². The predicted molar refractivity (Wildman–Crippen MR) is 67.2 cm³/mol. The molecule has 0 saturated carbocycles. The molecule has 1 saturated heterocycles. The Bertz CT molecular complexity index is 423. The Balaban J connectivity index is 1.96. The third kappa shape index (κ3) is 4.36. The zero-order valence-electron chi connectivity index (χ0n) is 10.9. The monoisotopic (exact) mass is 290 g/mol. The Morgan fingerprint density at radius 1 is 1.30 bits per heavy atom. The molecular formula is C13H17F3N2O2. The number of halogens is 3. The van der Waals surface area contributed by atoms with Gasteiger partial charge in [0.2, 0.25) is 0 Å². The number of nitrogens with two attached hydrogens (primary N) is 1. The van der Waals surface area contributed by atoms with Gasteiger partial charge in [0.25, 0.3) is 0 Å². The summed E-state index contributed by atoms with van der Waals surface area (Å²) in [4.78, 5) is 2.17. The molecule has 0 aromatic heterocycles. The van der Waals surface area contributed by atoms with E-state index in [9.17, 15) is 13.2 Å². The third-order valence-electron chi connectivity index (χ3n) is 3.16. The first-order valence-electron chi connectivity index (χ1n) is 6.34. The lowest BCUT2D eigenvalue weighted by Gasteiger charge is -2.34. The first-order valence-corrected chi connectivity index (χ1v) is 6.34. The Kier molecular flexibility index (Phi) is 4.85. The van der Waals surface area contributed by atoms with Crippen LogP contribution in [0.1, 0.15) is 5.56 Å². The average molecular weight is 290 g/mol. The van der Waals surface area contributed by atoms with Crippen LogP contribution < -0.4 is 10.5 Å². The van der Waals surface area contributed by atoms with Crippen LogP contribution >= 0.6 is 0 Å². The van der Waals surface area contributed by atoms with Gasteiger partial charge < -0.3 is 15.2 Å². The van der Waals surface area contributed by atoms with E-state index in [1.807, 2.05) is 0 Å². The van der Waals surface area contributed by atoms with E-state index in [2.05, 4.69) is 9.64 Å². The Hall–Kier alpha value is -1.31. The minimum atomic E-state index is -4.66. The molecule has 1 fully saturated rings. The van der Waals surface area contributed by atoms with Gasteiger partial charge in [-0.3, -0.25) is 4.90 Å². The molecule has 0 radical (unpaired) electrons. The second kappa shape index (κ2) is 6.43. The molecule has 2 rings (SSSR count). The second-order valence-corrected chi connectivity index (χ2v) is 4.63. The molecule has 1 atom stereocenters. The molecule has 0 spiro atoms. The van der Waals surface area contributed by atoms with Gasteiger partial charge in [0.05, 0.1) is 13.2 Å². The Morgan fingerprint density at radius 2 is 2.00 bits per heavy atom. The lowest BCUT2D eigenvalue weighted by molar-refractivity contribution is -0.274. The summed E-state index contributed by atoms with van der Waals surface area (Å²) in [7, 11) is 0. The van der Waals surface area contributed by atoms with Gasteiger partial charge in [-0.05, 0) is 17.7 Å². The van der Waals surface area contributed by atoms with E-state index in [1.165, 1.54) is 12.1 Å². The van der Waals surface area contributed by atoms with Crippen molar-refractivity contribution >= 4 is 0 Å². The molecule has 1 heterocycles. The number of benzene rings is 1. The van der Waals surface area contributed by atoms with Gasteiger partial charge in [0.15, 0.2) is 0 Å². The number of rotatable bonds is 4. The lowest BCUT2D eigenvalue weighted by Crippen LogP contribution is -2.48. The van der Waals surface area contributed by atoms with E-state index >= 15 is 0 Å². The van der Waals surface area contributed by atoms with Crippen LogP contribution in [0.3, 0.4) is 0 Å². The van der Waals surface area contributed by atoms with E-state index in [0.717, 1.165) is 12.1 Å². The van der Waals surface area contributed by atoms with E-state index < -0.39 is 6.36 Å². The van der Waals surface area contributed by atoms with Crippen LogP contribution in [0.5, 0.6) is 5.75 Å². The molecule has 7 heteroatoms. The summed E-state index contributed by atoms with van der Waals surface area (Å²) in [5, 5.41) is 0. The summed E-state index contributed by atoms with van der Waals surface area (Å²) in [6.07, 6.45) is -4.66. The maximum Gasteiger partial charge on any atom is 0.573 e. The van der Waals surface area contributed by atoms with Crippen LogP contribution in [0.2, 0.25) is 0 Å². The van der Waals surface area contributed by atoms with Crippen molar-refractivity contribution in [2.24, 2.45) is 5.73 Å². The first kappa shape index (κ1) is 15.1. The predicted octanol–water partition coefficient (Wildman–Crippen LogP) is 1.74. The smallest absolute Gasteiger partial charge is 0.406 e. The molecule has 2 N–H and O–H groups in total. The van der Waals surface area contributed by atoms with Crippen molar-refractivity contribution < 1.29 is 22.6 Å². The molecule has 1 aliphatic heterocycles. The second-order valence-electron chi connectivity index (χ2n) is 4.63. The van der Waals surface area contributed by atoms with Gasteiger partial charge in [-0.2, -0.15) is 0 Å². The van der Waals surface area contributed by atoms with E-state index in [4.69, 9.17) is 10.5 Å². The zero-order valence-corrected chi connectivity index (χ0v) is 10.9. The number of nitrogens with zero attached hydrogens (tertiary/aromatic N) is 1. The molecule has 112 valence electrons. The van der Waals surface area contributed by atoms with Gasteiger partial charge in [-0.1, -0.05) is 12.1 Å². The van der Waals surface area contributed by atoms with Crippen molar-refractivity contribution in [3.05, 3.63) is 29.8 Å². The number of hydrogen-bond acceptors (Lipinski definition) is 4. The van der Waals surface area contributed by atoms with Crippen LogP contribution in [0.25, 0.3) is 0 Å². The molecule has 0 aliphatic carbocycles. The molecule has 20 heavy (non-hydrogen) atoms. The van der Waals surface area contributed by atoms with E-state index in [1.54, 1.807) is 12.1 Å². The minimum Gasteiger partial charge on any atom is -0.406 e. The van der Waals surface area contributed by atoms with Crippen LogP contribution in [0.15, 0.2) is 24.3 Å². The quantitative estimate of drug-likeness (QED) is 0.917. The standard InChI is InChI=1S/C13H17F3N2O2/c14-13(15,16)20-12-3-1-10(2-4-12)8-18-5-6-19-9-11(18)7-17/h1-4,11H,5-9,17H2. The SMILES string of the molecule is NCC1COCCN1Cc1ccc(OC(F)(F)F)cc1. The fourth-order valence-corrected chi connectivity index (χ4v) is 2.15. The van der Waals surface area contributed by atoms with Crippen molar-refractivity contribution in [1.29, 1.82) is 0 Å². The van der Waals surface area contributed by atoms with Crippen molar-refractivity contribution in [2.75, 3.05) is 26.3 Å². The molecular weight excluding hydrogens is 273 g/mol. The Labute approximate surface area is 115 Å². The summed E-state index contributed by atoms with van der Waals surface area (Å²) >= 11 is 0. The summed E-state index contributed by atoms with van der Waals surface area (Å²) < 4.78 is 45.3. The average Bonchev–Trinajstić information content (AvgIpc) is 2.40. The highest BCUT2D eigenvalue weighted by Gasteiger charge is 2.31. The molecule has 1 unspecified atom stereocenters. The van der Waals surface area contributed by atoms with Gasteiger partial charge in [0, 0.05) is 25.7 Å². The summed E-state index contributed by atoms with van der Waals surface area (Å²) in [6, 6.07) is 6.05. The van der Waals surface area contributed by atoms with Crippen LogP contribution in [0.4, 0.5) is 13.2 Å². The number of ether oxygens (including phenoxy) is 2.